The van der Waals surface area contributed by atoms with E-state index in [-0.39, 0.29) is 5.78 Å². The molecule has 0 aromatic heterocycles. The Hall–Kier alpha value is -2.77. The summed E-state index contributed by atoms with van der Waals surface area (Å²) < 4.78 is 0. The van der Waals surface area contributed by atoms with Crippen molar-refractivity contribution < 1.29 is 4.79 Å². The van der Waals surface area contributed by atoms with E-state index in [0.717, 1.165) is 36.8 Å². The van der Waals surface area contributed by atoms with Crippen LogP contribution in [0.4, 0.5) is 0 Å². The lowest BCUT2D eigenvalue weighted by molar-refractivity contribution is -0.108. The number of ketones is 1. The van der Waals surface area contributed by atoms with Crippen molar-refractivity contribution in [3.8, 4) is 23.7 Å². The van der Waals surface area contributed by atoms with E-state index >= 15 is 0 Å². The lowest BCUT2D eigenvalue weighted by Gasteiger charge is -2.02. The fourth-order valence-corrected chi connectivity index (χ4v) is 2.78. The zero-order chi connectivity index (χ0) is 18.9. The van der Waals surface area contributed by atoms with Gasteiger partial charge in [0, 0.05) is 11.1 Å². The highest BCUT2D eigenvalue weighted by atomic mass is 16.1. The fourth-order valence-electron chi connectivity index (χ4n) is 2.78. The minimum Gasteiger partial charge on any atom is -0.270 e. The van der Waals surface area contributed by atoms with Crippen LogP contribution >= 0.6 is 0 Å². The molecule has 0 aliphatic heterocycles. The van der Waals surface area contributed by atoms with Crippen molar-refractivity contribution in [2.24, 2.45) is 0 Å². The van der Waals surface area contributed by atoms with Crippen molar-refractivity contribution in [3.05, 3.63) is 69.8 Å². The second kappa shape index (κ2) is 9.65. The topological polar surface area (TPSA) is 17.1 Å². The normalized spacial score (nSPS) is 9.69. The molecule has 0 saturated heterocycles. The van der Waals surface area contributed by atoms with E-state index in [9.17, 15) is 4.79 Å². The Morgan fingerprint density at radius 3 is 1.19 bits per heavy atom. The first-order valence-corrected chi connectivity index (χ1v) is 9.41. The van der Waals surface area contributed by atoms with Crippen LogP contribution in [0.1, 0.15) is 61.1 Å². The zero-order valence-corrected chi connectivity index (χ0v) is 16.2. The van der Waals surface area contributed by atoms with Crippen LogP contribution in [0.5, 0.6) is 0 Å². The van der Waals surface area contributed by atoms with E-state index in [1.54, 1.807) is 0 Å². The van der Waals surface area contributed by atoms with Crippen molar-refractivity contribution in [1.29, 1.82) is 0 Å². The maximum Gasteiger partial charge on any atom is 0.279 e. The number of carbonyl (C=O) groups is 1. The molecule has 0 aliphatic carbocycles. The molecule has 0 amide bonds. The molecule has 1 heteroatoms. The van der Waals surface area contributed by atoms with Gasteiger partial charge in [0.2, 0.25) is 0 Å². The van der Waals surface area contributed by atoms with Crippen molar-refractivity contribution in [2.45, 2.75) is 53.4 Å². The lowest BCUT2D eigenvalue weighted by Crippen LogP contribution is -1.92. The molecular formula is C25H26O. The first-order chi connectivity index (χ1) is 12.6. The van der Waals surface area contributed by atoms with E-state index in [4.69, 9.17) is 0 Å². The van der Waals surface area contributed by atoms with Gasteiger partial charge in [0.25, 0.3) is 5.78 Å². The number of hydrogen-bond donors (Lipinski definition) is 0. The zero-order valence-electron chi connectivity index (χ0n) is 16.2. The molecule has 0 aliphatic rings. The highest BCUT2D eigenvalue weighted by molar-refractivity contribution is 6.09. The van der Waals surface area contributed by atoms with Gasteiger partial charge in [-0.3, -0.25) is 4.79 Å². The molecule has 132 valence electrons. The van der Waals surface area contributed by atoms with Gasteiger partial charge >= 0.3 is 0 Å². The first kappa shape index (κ1) is 19.6. The van der Waals surface area contributed by atoms with Crippen molar-refractivity contribution in [1.82, 2.24) is 0 Å². The Labute approximate surface area is 157 Å². The number of aryl methyl sites for hydroxylation is 4. The molecule has 0 N–H and O–H groups in total. The maximum atomic E-state index is 12.1. The molecule has 0 spiro atoms. The fraction of sp³-hybridized carbons (Fsp3) is 0.320. The van der Waals surface area contributed by atoms with E-state index < -0.39 is 0 Å². The highest BCUT2D eigenvalue weighted by Gasteiger charge is 1.99. The molecule has 0 radical (unpaired) electrons. The molecule has 0 saturated carbocycles. The summed E-state index contributed by atoms with van der Waals surface area (Å²) in [4.78, 5) is 12.1. The number of Topliss-reactive ketones (excluding diaryl/α,β-unsaturated/α-hetero) is 1. The second-order valence-corrected chi connectivity index (χ2v) is 6.32. The summed E-state index contributed by atoms with van der Waals surface area (Å²) in [6.07, 6.45) is 3.85. The molecular weight excluding hydrogens is 316 g/mol. The number of rotatable bonds is 4. The quantitative estimate of drug-likeness (QED) is 0.722. The number of benzene rings is 2. The monoisotopic (exact) mass is 342 g/mol. The largest absolute Gasteiger partial charge is 0.279 e. The van der Waals surface area contributed by atoms with Gasteiger partial charge in [-0.2, -0.15) is 0 Å². The standard InChI is InChI=1S/C25H26O/c1-5-19-13-20(6-2)16-23(15-19)9-11-25(26)12-10-24-17-21(7-3)14-22(8-4)18-24/h13-18H,5-8H2,1-4H3. The van der Waals surface area contributed by atoms with Gasteiger partial charge in [0.05, 0.1) is 0 Å². The van der Waals surface area contributed by atoms with Crippen molar-refractivity contribution in [2.75, 3.05) is 0 Å². The van der Waals surface area contributed by atoms with E-state index in [0.29, 0.717) is 0 Å². The predicted octanol–water partition coefficient (Wildman–Crippen LogP) is 4.91. The van der Waals surface area contributed by atoms with Gasteiger partial charge in [-0.15, -0.1) is 0 Å². The molecule has 2 rings (SSSR count). The van der Waals surface area contributed by atoms with Gasteiger partial charge in [0.15, 0.2) is 0 Å². The Balaban J connectivity index is 2.21. The Morgan fingerprint density at radius 2 is 0.923 bits per heavy atom. The third-order valence-electron chi connectivity index (χ3n) is 4.38. The van der Waals surface area contributed by atoms with Crippen LogP contribution in [-0.2, 0) is 30.5 Å². The molecule has 1 nitrogen and oxygen atoms in total. The molecule has 2 aromatic carbocycles. The van der Waals surface area contributed by atoms with Crippen molar-refractivity contribution in [3.63, 3.8) is 0 Å². The molecule has 26 heavy (non-hydrogen) atoms. The minimum atomic E-state index is -0.343. The molecule has 0 atom stereocenters. The first-order valence-electron chi connectivity index (χ1n) is 9.41. The summed E-state index contributed by atoms with van der Waals surface area (Å²) in [6.45, 7) is 8.49. The smallest absolute Gasteiger partial charge is 0.270 e. The van der Waals surface area contributed by atoms with Crippen LogP contribution in [0, 0.1) is 23.7 Å². The number of hydrogen-bond acceptors (Lipinski definition) is 1. The predicted molar refractivity (Wildman–Crippen MR) is 109 cm³/mol. The van der Waals surface area contributed by atoms with Gasteiger partial charge in [-0.1, -0.05) is 51.7 Å². The molecule has 0 unspecified atom stereocenters. The molecule has 2 aromatic rings. The Kier molecular flexibility index (Phi) is 7.25. The third kappa shape index (κ3) is 5.65. The average Bonchev–Trinajstić information content (AvgIpc) is 2.69. The van der Waals surface area contributed by atoms with Crippen LogP contribution in [0.2, 0.25) is 0 Å². The maximum absolute atomic E-state index is 12.1. The summed E-state index contributed by atoms with van der Waals surface area (Å²) >= 11 is 0. The summed E-state index contributed by atoms with van der Waals surface area (Å²) in [7, 11) is 0. The lowest BCUT2D eigenvalue weighted by atomic mass is 10.0. The average molecular weight is 342 g/mol. The van der Waals surface area contributed by atoms with Gasteiger partial charge < -0.3 is 0 Å². The van der Waals surface area contributed by atoms with E-state index in [1.807, 2.05) is 24.3 Å². The summed E-state index contributed by atoms with van der Waals surface area (Å²) in [6, 6.07) is 12.6. The highest BCUT2D eigenvalue weighted by Crippen LogP contribution is 2.12. The van der Waals surface area contributed by atoms with E-state index in [2.05, 4.69) is 63.5 Å². The van der Waals surface area contributed by atoms with Crippen LogP contribution in [0.15, 0.2) is 36.4 Å². The minimum absolute atomic E-state index is 0.343. The van der Waals surface area contributed by atoms with Crippen LogP contribution in [0.3, 0.4) is 0 Å². The Bertz CT molecular complexity index is 791. The van der Waals surface area contributed by atoms with E-state index in [1.165, 1.54) is 22.3 Å². The van der Waals surface area contributed by atoms with Gasteiger partial charge in [-0.05, 0) is 84.0 Å². The molecule has 0 heterocycles. The summed E-state index contributed by atoms with van der Waals surface area (Å²) in [5.41, 5.74) is 6.76. The number of carbonyl (C=O) groups excluding carboxylic acids is 1. The SMILES string of the molecule is CCc1cc(C#CC(=O)C#Cc2cc(CC)cc(CC)c2)cc(CC)c1. The summed E-state index contributed by atoms with van der Waals surface area (Å²) in [5.74, 6) is 10.9. The Morgan fingerprint density at radius 1 is 0.615 bits per heavy atom. The second-order valence-electron chi connectivity index (χ2n) is 6.32. The van der Waals surface area contributed by atoms with Crippen molar-refractivity contribution >= 4 is 5.78 Å². The van der Waals surface area contributed by atoms with Crippen LogP contribution in [0.25, 0.3) is 0 Å². The van der Waals surface area contributed by atoms with Crippen LogP contribution in [-0.4, -0.2) is 5.78 Å². The van der Waals surface area contributed by atoms with Gasteiger partial charge in [-0.25, -0.2) is 0 Å². The van der Waals surface area contributed by atoms with Gasteiger partial charge in [0.1, 0.15) is 0 Å². The summed E-state index contributed by atoms with van der Waals surface area (Å²) in [5, 5.41) is 0. The molecule has 0 fully saturated rings. The molecule has 0 bridgehead atoms. The van der Waals surface area contributed by atoms with Crippen LogP contribution < -0.4 is 0 Å². The third-order valence-corrected chi connectivity index (χ3v) is 4.38.